The van der Waals surface area contributed by atoms with Crippen molar-refractivity contribution in [1.29, 1.82) is 0 Å². The highest BCUT2D eigenvalue weighted by molar-refractivity contribution is 7.18. The van der Waals surface area contributed by atoms with Gasteiger partial charge in [0, 0.05) is 37.4 Å². The zero-order valence-corrected chi connectivity index (χ0v) is 17.6. The molecule has 1 atom stereocenters. The van der Waals surface area contributed by atoms with Gasteiger partial charge in [-0.25, -0.2) is 9.37 Å². The van der Waals surface area contributed by atoms with Crippen LogP contribution in [-0.4, -0.2) is 39.0 Å². The predicted molar refractivity (Wildman–Crippen MR) is 116 cm³/mol. The number of amides is 1. The van der Waals surface area contributed by atoms with Gasteiger partial charge in [0.1, 0.15) is 5.82 Å². The average Bonchev–Trinajstić information content (AvgIpc) is 3.45. The van der Waals surface area contributed by atoms with Gasteiger partial charge in [0.05, 0.1) is 15.2 Å². The Hall–Kier alpha value is -3.13. The highest BCUT2D eigenvalue weighted by Crippen LogP contribution is 2.33. The van der Waals surface area contributed by atoms with Crippen LogP contribution in [0.5, 0.6) is 0 Å². The van der Waals surface area contributed by atoms with Gasteiger partial charge in [-0.2, -0.15) is 4.98 Å². The Bertz CT molecular complexity index is 1170. The number of halogens is 1. The molecular weight excluding hydrogens is 415 g/mol. The van der Waals surface area contributed by atoms with Crippen LogP contribution in [0.25, 0.3) is 21.6 Å². The summed E-state index contributed by atoms with van der Waals surface area (Å²) in [7, 11) is 0. The molecule has 4 aromatic rings. The van der Waals surface area contributed by atoms with Crippen molar-refractivity contribution in [2.24, 2.45) is 0 Å². The number of carbonyl (C=O) groups is 1. The Kier molecular flexibility index (Phi) is 5.46. The smallest absolute Gasteiger partial charge is 0.227 e. The number of piperidine rings is 1. The molecule has 1 fully saturated rings. The number of para-hydroxylation sites is 1. The van der Waals surface area contributed by atoms with Gasteiger partial charge in [0.15, 0.2) is 0 Å². The number of hydrogen-bond acceptors (Lipinski definition) is 6. The van der Waals surface area contributed by atoms with Gasteiger partial charge in [-0.05, 0) is 49.2 Å². The van der Waals surface area contributed by atoms with Crippen molar-refractivity contribution in [2.45, 2.75) is 31.6 Å². The van der Waals surface area contributed by atoms with E-state index in [9.17, 15) is 9.18 Å². The fourth-order valence-electron chi connectivity index (χ4n) is 3.91. The first kappa shape index (κ1) is 19.8. The summed E-state index contributed by atoms with van der Waals surface area (Å²) in [5.74, 6) is 0.864. The molecule has 2 aromatic carbocycles. The Morgan fingerprint density at radius 3 is 2.84 bits per heavy atom. The number of benzene rings is 2. The van der Waals surface area contributed by atoms with Gasteiger partial charge in [-0.1, -0.05) is 17.3 Å². The first-order chi connectivity index (χ1) is 15.2. The minimum absolute atomic E-state index is 0.0901. The summed E-state index contributed by atoms with van der Waals surface area (Å²) in [5.41, 5.74) is 1.71. The maximum absolute atomic E-state index is 13.1. The molecule has 0 unspecified atom stereocenters. The van der Waals surface area contributed by atoms with Gasteiger partial charge in [0.2, 0.25) is 17.6 Å². The number of thiazole rings is 1. The van der Waals surface area contributed by atoms with Crippen LogP contribution < -0.4 is 0 Å². The summed E-state index contributed by atoms with van der Waals surface area (Å²) in [6.45, 7) is 1.47. The highest BCUT2D eigenvalue weighted by Gasteiger charge is 2.27. The second kappa shape index (κ2) is 8.55. The van der Waals surface area contributed by atoms with E-state index in [2.05, 4.69) is 16.2 Å². The van der Waals surface area contributed by atoms with Crippen LogP contribution in [0.3, 0.4) is 0 Å². The number of aryl methyl sites for hydroxylation is 1. The molecule has 0 N–H and O–H groups in total. The molecule has 8 heteroatoms. The van der Waals surface area contributed by atoms with E-state index in [-0.39, 0.29) is 17.6 Å². The van der Waals surface area contributed by atoms with Crippen molar-refractivity contribution in [3.05, 3.63) is 65.2 Å². The lowest BCUT2D eigenvalue weighted by Gasteiger charge is -2.31. The molecule has 0 radical (unpaired) electrons. The normalized spacial score (nSPS) is 16.7. The number of nitrogens with zero attached hydrogens (tertiary/aromatic N) is 4. The van der Waals surface area contributed by atoms with Crippen LogP contribution in [0.4, 0.5) is 4.39 Å². The van der Waals surface area contributed by atoms with Crippen LogP contribution in [-0.2, 0) is 11.2 Å². The number of rotatable bonds is 5. The molecule has 31 heavy (non-hydrogen) atoms. The van der Waals surface area contributed by atoms with Crippen LogP contribution >= 0.6 is 11.3 Å². The summed E-state index contributed by atoms with van der Waals surface area (Å²) < 4.78 is 19.5. The third kappa shape index (κ3) is 4.34. The first-order valence-electron chi connectivity index (χ1n) is 10.4. The Balaban J connectivity index is 1.20. The topological polar surface area (TPSA) is 72.1 Å². The van der Waals surface area contributed by atoms with Crippen molar-refractivity contribution in [3.8, 4) is 11.4 Å². The summed E-state index contributed by atoms with van der Waals surface area (Å²) in [5, 5.41) is 5.05. The molecule has 1 aliphatic heterocycles. The van der Waals surface area contributed by atoms with E-state index in [0.717, 1.165) is 29.9 Å². The maximum Gasteiger partial charge on any atom is 0.227 e. The van der Waals surface area contributed by atoms with Gasteiger partial charge >= 0.3 is 0 Å². The van der Waals surface area contributed by atoms with E-state index in [4.69, 9.17) is 9.51 Å². The third-order valence-electron chi connectivity index (χ3n) is 5.56. The van der Waals surface area contributed by atoms with E-state index < -0.39 is 0 Å². The molecule has 0 spiro atoms. The summed E-state index contributed by atoms with van der Waals surface area (Å²) in [4.78, 5) is 23.9. The van der Waals surface area contributed by atoms with E-state index in [0.29, 0.717) is 36.7 Å². The predicted octanol–water partition coefficient (Wildman–Crippen LogP) is 4.82. The molecule has 0 saturated carbocycles. The molecule has 1 saturated heterocycles. The Morgan fingerprint density at radius 1 is 1.16 bits per heavy atom. The van der Waals surface area contributed by atoms with E-state index in [1.165, 1.54) is 16.8 Å². The van der Waals surface area contributed by atoms with Crippen LogP contribution in [0.15, 0.2) is 53.1 Å². The SMILES string of the molecule is O=C(CCc1nc(-c2ccc(F)cc2)no1)N1CCC[C@@H](c2nc3ccccc3s2)C1. The molecule has 1 amide bonds. The molecule has 0 aliphatic carbocycles. The fraction of sp³-hybridized carbons (Fsp3) is 0.304. The number of likely N-dealkylation sites (tertiary alicyclic amines) is 1. The molecule has 3 heterocycles. The lowest BCUT2D eigenvalue weighted by atomic mass is 9.98. The molecule has 5 rings (SSSR count). The van der Waals surface area contributed by atoms with E-state index in [1.54, 1.807) is 23.5 Å². The molecule has 6 nitrogen and oxygen atoms in total. The lowest BCUT2D eigenvalue weighted by molar-refractivity contribution is -0.132. The van der Waals surface area contributed by atoms with Crippen molar-refractivity contribution in [1.82, 2.24) is 20.0 Å². The summed E-state index contributed by atoms with van der Waals surface area (Å²) in [6.07, 6.45) is 2.73. The minimum Gasteiger partial charge on any atom is -0.342 e. The lowest BCUT2D eigenvalue weighted by Crippen LogP contribution is -2.39. The first-order valence-corrected chi connectivity index (χ1v) is 11.2. The number of aromatic nitrogens is 3. The largest absolute Gasteiger partial charge is 0.342 e. The van der Waals surface area contributed by atoms with Crippen molar-refractivity contribution in [3.63, 3.8) is 0 Å². The van der Waals surface area contributed by atoms with Gasteiger partial charge < -0.3 is 9.42 Å². The third-order valence-corrected chi connectivity index (χ3v) is 6.76. The van der Waals surface area contributed by atoms with Crippen LogP contribution in [0.2, 0.25) is 0 Å². The molecular formula is C23H21FN4O2S. The number of carbonyl (C=O) groups excluding carboxylic acids is 1. The number of hydrogen-bond donors (Lipinski definition) is 0. The standard InChI is InChI=1S/C23H21FN4O2S/c24-17-9-7-15(8-10-17)22-26-20(30-27-22)11-12-21(29)28-13-3-4-16(14-28)23-25-18-5-1-2-6-19(18)31-23/h1-2,5-10,16H,3-4,11-14H2/t16-/m1/s1. The van der Waals surface area contributed by atoms with Crippen LogP contribution in [0.1, 0.15) is 36.1 Å². The quantitative estimate of drug-likeness (QED) is 0.448. The molecule has 158 valence electrons. The average molecular weight is 437 g/mol. The van der Waals surface area contributed by atoms with Gasteiger partial charge in [-0.15, -0.1) is 11.3 Å². The molecule has 0 bridgehead atoms. The minimum atomic E-state index is -0.316. The zero-order chi connectivity index (χ0) is 21.2. The molecule has 1 aliphatic rings. The van der Waals surface area contributed by atoms with Crippen molar-refractivity contribution >= 4 is 27.5 Å². The van der Waals surface area contributed by atoms with Gasteiger partial charge in [0.25, 0.3) is 0 Å². The van der Waals surface area contributed by atoms with Crippen molar-refractivity contribution < 1.29 is 13.7 Å². The second-order valence-electron chi connectivity index (χ2n) is 7.72. The molecule has 2 aromatic heterocycles. The van der Waals surface area contributed by atoms with Crippen LogP contribution in [0, 0.1) is 5.82 Å². The zero-order valence-electron chi connectivity index (χ0n) is 16.8. The summed E-state index contributed by atoms with van der Waals surface area (Å²) in [6, 6.07) is 14.1. The van der Waals surface area contributed by atoms with Gasteiger partial charge in [-0.3, -0.25) is 4.79 Å². The number of fused-ring (bicyclic) bond motifs is 1. The van der Waals surface area contributed by atoms with Crippen molar-refractivity contribution in [2.75, 3.05) is 13.1 Å². The maximum atomic E-state index is 13.1. The summed E-state index contributed by atoms with van der Waals surface area (Å²) >= 11 is 1.72. The Labute approximate surface area is 182 Å². The van der Waals surface area contributed by atoms with E-state index >= 15 is 0 Å². The second-order valence-corrected chi connectivity index (χ2v) is 8.78. The Morgan fingerprint density at radius 2 is 2.00 bits per heavy atom. The monoisotopic (exact) mass is 436 g/mol. The van der Waals surface area contributed by atoms with E-state index in [1.807, 2.05) is 23.1 Å². The highest BCUT2D eigenvalue weighted by atomic mass is 32.1. The fourth-order valence-corrected chi connectivity index (χ4v) is 5.01.